The van der Waals surface area contributed by atoms with Crippen LogP contribution in [0, 0.1) is 0 Å². The lowest BCUT2D eigenvalue weighted by atomic mass is 10.1. The Morgan fingerprint density at radius 2 is 2.00 bits per heavy atom. The van der Waals surface area contributed by atoms with Crippen LogP contribution in [0.4, 0.5) is 5.69 Å². The van der Waals surface area contributed by atoms with Crippen molar-refractivity contribution in [1.82, 2.24) is 0 Å². The number of hydrogen-bond acceptors (Lipinski definition) is 3. The lowest BCUT2D eigenvalue weighted by Gasteiger charge is -2.22. The van der Waals surface area contributed by atoms with E-state index in [9.17, 15) is 9.59 Å². The van der Waals surface area contributed by atoms with Crippen molar-refractivity contribution in [2.45, 2.75) is 19.3 Å². The minimum atomic E-state index is -1.07. The van der Waals surface area contributed by atoms with Gasteiger partial charge in [0, 0.05) is 12.2 Å². The molecule has 5 heteroatoms. The van der Waals surface area contributed by atoms with Gasteiger partial charge in [-0.05, 0) is 30.9 Å². The largest absolute Gasteiger partial charge is 0.480 e. The molecule has 0 fully saturated rings. The number of para-hydroxylation sites is 1. The first-order chi connectivity index (χ1) is 9.18. The summed E-state index contributed by atoms with van der Waals surface area (Å²) in [4.78, 5) is 24.2. The van der Waals surface area contributed by atoms with Gasteiger partial charge in [-0.2, -0.15) is 0 Å². The molecule has 1 amide bonds. The van der Waals surface area contributed by atoms with Gasteiger partial charge in [0.2, 0.25) is 0 Å². The third kappa shape index (κ3) is 3.54. The Labute approximate surface area is 111 Å². The van der Waals surface area contributed by atoms with Crippen LogP contribution < -0.4 is 4.90 Å². The molecule has 0 saturated heterocycles. The molecule has 0 bridgehead atoms. The molecule has 0 spiro atoms. The van der Waals surface area contributed by atoms with Crippen molar-refractivity contribution in [1.29, 1.82) is 0 Å². The first-order valence-corrected chi connectivity index (χ1v) is 6.36. The highest BCUT2D eigenvalue weighted by molar-refractivity contribution is 5.95. The number of nitrogens with zero attached hydrogens (tertiary/aromatic N) is 1. The van der Waals surface area contributed by atoms with Gasteiger partial charge in [0.15, 0.2) is 0 Å². The number of carbonyl (C=O) groups is 2. The fourth-order valence-electron chi connectivity index (χ4n) is 2.25. The second-order valence-electron chi connectivity index (χ2n) is 4.52. The summed E-state index contributed by atoms with van der Waals surface area (Å²) in [5, 5.41) is 8.49. The van der Waals surface area contributed by atoms with Gasteiger partial charge in [-0.3, -0.25) is 4.79 Å². The normalized spacial score (nSPS) is 14.6. The first-order valence-electron chi connectivity index (χ1n) is 6.36. The topological polar surface area (TPSA) is 66.8 Å². The van der Waals surface area contributed by atoms with Crippen molar-refractivity contribution in [2.75, 3.05) is 24.7 Å². The number of carboxylic acids is 1. The maximum Gasteiger partial charge on any atom is 0.329 e. The van der Waals surface area contributed by atoms with Crippen LogP contribution in [0.15, 0.2) is 24.3 Å². The quantitative estimate of drug-likeness (QED) is 0.893. The molecule has 5 nitrogen and oxygen atoms in total. The van der Waals surface area contributed by atoms with Crippen LogP contribution in [0.3, 0.4) is 0 Å². The van der Waals surface area contributed by atoms with Crippen LogP contribution in [0.25, 0.3) is 0 Å². The van der Waals surface area contributed by atoms with Crippen LogP contribution in [0.1, 0.15) is 18.4 Å². The average Bonchev–Trinajstić information content (AvgIpc) is 2.60. The summed E-state index contributed by atoms with van der Waals surface area (Å²) in [7, 11) is 0. The van der Waals surface area contributed by atoms with E-state index in [2.05, 4.69) is 0 Å². The molecular weight excluding hydrogens is 246 g/mol. The third-order valence-corrected chi connectivity index (χ3v) is 3.11. The fourth-order valence-corrected chi connectivity index (χ4v) is 2.25. The smallest absolute Gasteiger partial charge is 0.329 e. The summed E-state index contributed by atoms with van der Waals surface area (Å²) in [6.07, 6.45) is 2.96. The van der Waals surface area contributed by atoms with Crippen molar-refractivity contribution >= 4 is 17.6 Å². The van der Waals surface area contributed by atoms with Crippen molar-refractivity contribution in [3.05, 3.63) is 29.8 Å². The number of rotatable bonds is 4. The second kappa shape index (κ2) is 6.33. The van der Waals surface area contributed by atoms with Crippen molar-refractivity contribution in [2.24, 2.45) is 0 Å². The van der Waals surface area contributed by atoms with Gasteiger partial charge in [-0.25, -0.2) is 4.79 Å². The van der Waals surface area contributed by atoms with Crippen molar-refractivity contribution in [3.8, 4) is 0 Å². The minimum Gasteiger partial charge on any atom is -0.480 e. The Kier molecular flexibility index (Phi) is 4.52. The Morgan fingerprint density at radius 1 is 1.21 bits per heavy atom. The summed E-state index contributed by atoms with van der Waals surface area (Å²) in [5.41, 5.74) is 2.08. The molecule has 1 aromatic carbocycles. The second-order valence-corrected chi connectivity index (χ2v) is 4.52. The van der Waals surface area contributed by atoms with Crippen LogP contribution in [0.5, 0.6) is 0 Å². The molecular formula is C14H17NO4. The number of anilines is 1. The number of carboxylic acid groups (broad SMARTS) is 1. The summed E-state index contributed by atoms with van der Waals surface area (Å²) in [6, 6.07) is 7.82. The van der Waals surface area contributed by atoms with E-state index in [0.29, 0.717) is 6.54 Å². The SMILES string of the molecule is O=C(O)COCC(=O)N1CCCCc2ccccc21. The Hall–Kier alpha value is -1.88. The number of aliphatic carboxylic acids is 1. The molecule has 0 aliphatic carbocycles. The summed E-state index contributed by atoms with van der Waals surface area (Å²) in [5.74, 6) is -1.25. The van der Waals surface area contributed by atoms with E-state index in [1.54, 1.807) is 4.90 Å². The lowest BCUT2D eigenvalue weighted by Crippen LogP contribution is -2.35. The zero-order valence-electron chi connectivity index (χ0n) is 10.7. The van der Waals surface area contributed by atoms with Gasteiger partial charge >= 0.3 is 5.97 Å². The zero-order valence-corrected chi connectivity index (χ0v) is 10.7. The molecule has 1 N–H and O–H groups in total. The fraction of sp³-hybridized carbons (Fsp3) is 0.429. The van der Waals surface area contributed by atoms with Crippen LogP contribution in [-0.2, 0) is 20.7 Å². The van der Waals surface area contributed by atoms with Gasteiger partial charge in [-0.1, -0.05) is 18.2 Å². The molecule has 1 heterocycles. The van der Waals surface area contributed by atoms with Gasteiger partial charge in [0.25, 0.3) is 5.91 Å². The number of ether oxygens (including phenoxy) is 1. The highest BCUT2D eigenvalue weighted by atomic mass is 16.5. The molecule has 2 rings (SSSR count). The first kappa shape index (κ1) is 13.5. The van der Waals surface area contributed by atoms with E-state index in [1.165, 1.54) is 0 Å². The predicted molar refractivity (Wildman–Crippen MR) is 70.2 cm³/mol. The molecule has 102 valence electrons. The number of fused-ring (bicyclic) bond motifs is 1. The Balaban J connectivity index is 2.06. The van der Waals surface area contributed by atoms with E-state index in [4.69, 9.17) is 9.84 Å². The molecule has 0 unspecified atom stereocenters. The Bertz CT molecular complexity index is 472. The molecule has 1 aliphatic heterocycles. The molecule has 1 aromatic rings. The zero-order chi connectivity index (χ0) is 13.7. The van der Waals surface area contributed by atoms with E-state index in [0.717, 1.165) is 30.5 Å². The maximum absolute atomic E-state index is 12.1. The average molecular weight is 263 g/mol. The highest BCUT2D eigenvalue weighted by Crippen LogP contribution is 2.26. The number of aryl methyl sites for hydroxylation is 1. The standard InChI is InChI=1S/C14H17NO4/c16-13(9-19-10-14(17)18)15-8-4-3-6-11-5-1-2-7-12(11)15/h1-2,5,7H,3-4,6,8-10H2,(H,17,18). The van der Waals surface area contributed by atoms with Crippen LogP contribution in [-0.4, -0.2) is 36.7 Å². The molecule has 0 radical (unpaired) electrons. The minimum absolute atomic E-state index is 0.185. The van der Waals surface area contributed by atoms with Crippen LogP contribution >= 0.6 is 0 Å². The third-order valence-electron chi connectivity index (χ3n) is 3.11. The van der Waals surface area contributed by atoms with E-state index in [-0.39, 0.29) is 12.5 Å². The van der Waals surface area contributed by atoms with E-state index >= 15 is 0 Å². The number of carbonyl (C=O) groups excluding carboxylic acids is 1. The highest BCUT2D eigenvalue weighted by Gasteiger charge is 2.20. The van der Waals surface area contributed by atoms with Crippen LogP contribution in [0.2, 0.25) is 0 Å². The Morgan fingerprint density at radius 3 is 2.79 bits per heavy atom. The monoisotopic (exact) mass is 263 g/mol. The summed E-state index contributed by atoms with van der Waals surface area (Å²) < 4.78 is 4.88. The van der Waals surface area contributed by atoms with E-state index in [1.807, 2.05) is 24.3 Å². The number of hydrogen-bond donors (Lipinski definition) is 1. The maximum atomic E-state index is 12.1. The molecule has 0 saturated carbocycles. The summed E-state index contributed by atoms with van der Waals surface area (Å²) >= 11 is 0. The predicted octanol–water partition coefficient (Wildman–Crippen LogP) is 1.46. The number of benzene rings is 1. The van der Waals surface area contributed by atoms with Gasteiger partial charge in [0.05, 0.1) is 0 Å². The lowest BCUT2D eigenvalue weighted by molar-refractivity contribution is -0.143. The van der Waals surface area contributed by atoms with Crippen molar-refractivity contribution in [3.63, 3.8) is 0 Å². The molecule has 1 aliphatic rings. The number of amides is 1. The van der Waals surface area contributed by atoms with Gasteiger partial charge < -0.3 is 14.7 Å². The van der Waals surface area contributed by atoms with Crippen molar-refractivity contribution < 1.29 is 19.4 Å². The van der Waals surface area contributed by atoms with E-state index < -0.39 is 12.6 Å². The summed E-state index contributed by atoms with van der Waals surface area (Å²) in [6.45, 7) is 0.0220. The van der Waals surface area contributed by atoms with Gasteiger partial charge in [0.1, 0.15) is 13.2 Å². The molecule has 0 atom stereocenters. The van der Waals surface area contributed by atoms with Gasteiger partial charge in [-0.15, -0.1) is 0 Å². The molecule has 0 aromatic heterocycles. The molecule has 19 heavy (non-hydrogen) atoms.